The topological polar surface area (TPSA) is 38.7 Å². The molecule has 84 valence electrons. The fourth-order valence-electron chi connectivity index (χ4n) is 2.30. The van der Waals surface area contributed by atoms with E-state index in [1.54, 1.807) is 0 Å². The lowest BCUT2D eigenvalue weighted by atomic mass is 10.0. The van der Waals surface area contributed by atoms with E-state index < -0.39 is 0 Å². The molecule has 0 radical (unpaired) electrons. The molecule has 0 aliphatic heterocycles. The Labute approximate surface area is 99.5 Å². The van der Waals surface area contributed by atoms with Gasteiger partial charge < -0.3 is 0 Å². The highest BCUT2D eigenvalue weighted by Gasteiger charge is 2.08. The summed E-state index contributed by atoms with van der Waals surface area (Å²) in [7, 11) is 0. The van der Waals surface area contributed by atoms with Crippen LogP contribution in [0.25, 0.3) is 21.7 Å². The van der Waals surface area contributed by atoms with E-state index in [1.165, 1.54) is 16.3 Å². The number of fused-ring (bicyclic) bond motifs is 2. The van der Waals surface area contributed by atoms with E-state index in [-0.39, 0.29) is 0 Å². The van der Waals surface area contributed by atoms with Crippen molar-refractivity contribution in [2.45, 2.75) is 20.3 Å². The Bertz CT molecular complexity index is 704. The van der Waals surface area contributed by atoms with Gasteiger partial charge in [-0.1, -0.05) is 31.2 Å². The van der Waals surface area contributed by atoms with Gasteiger partial charge >= 0.3 is 0 Å². The van der Waals surface area contributed by atoms with Crippen LogP contribution in [0.5, 0.6) is 0 Å². The first-order valence-electron chi connectivity index (χ1n) is 5.81. The zero-order chi connectivity index (χ0) is 11.8. The van der Waals surface area contributed by atoms with Gasteiger partial charge in [-0.2, -0.15) is 0 Å². The lowest BCUT2D eigenvalue weighted by Gasteiger charge is -2.07. The molecule has 0 saturated carbocycles. The highest BCUT2D eigenvalue weighted by Crippen LogP contribution is 2.27. The predicted octanol–water partition coefficient (Wildman–Crippen LogP) is 3.05. The summed E-state index contributed by atoms with van der Waals surface area (Å²) in [5.41, 5.74) is 3.17. The van der Waals surface area contributed by atoms with E-state index in [9.17, 15) is 0 Å². The third-order valence-corrected chi connectivity index (χ3v) is 3.23. The van der Waals surface area contributed by atoms with Gasteiger partial charge in [-0.3, -0.25) is 0 Å². The van der Waals surface area contributed by atoms with Crippen LogP contribution in [0, 0.1) is 6.92 Å². The van der Waals surface area contributed by atoms with Crippen molar-refractivity contribution >= 4 is 21.7 Å². The third-order valence-electron chi connectivity index (χ3n) is 3.23. The highest BCUT2D eigenvalue weighted by molar-refractivity contribution is 6.00. The van der Waals surface area contributed by atoms with Crippen molar-refractivity contribution in [2.75, 3.05) is 0 Å². The first-order chi connectivity index (χ1) is 8.31. The Morgan fingerprint density at radius 1 is 1.06 bits per heavy atom. The van der Waals surface area contributed by atoms with Crippen LogP contribution in [0.3, 0.4) is 0 Å². The van der Waals surface area contributed by atoms with Crippen LogP contribution < -0.4 is 0 Å². The van der Waals surface area contributed by atoms with Crippen LogP contribution in [0.1, 0.15) is 18.2 Å². The summed E-state index contributed by atoms with van der Waals surface area (Å²) in [6, 6.07) is 10.5. The second-order valence-electron chi connectivity index (χ2n) is 4.21. The summed E-state index contributed by atoms with van der Waals surface area (Å²) in [4.78, 5) is 0. The van der Waals surface area contributed by atoms with E-state index in [0.29, 0.717) is 0 Å². The Kier molecular flexibility index (Phi) is 2.25. The molecule has 0 spiro atoms. The van der Waals surface area contributed by atoms with Gasteiger partial charge in [0, 0.05) is 5.39 Å². The van der Waals surface area contributed by atoms with Crippen molar-refractivity contribution in [3.05, 3.63) is 41.6 Å². The molecule has 3 aromatic rings. The lowest BCUT2D eigenvalue weighted by Crippen LogP contribution is -1.98. The molecule has 3 nitrogen and oxygen atoms in total. The molecule has 0 fully saturated rings. The first kappa shape index (κ1) is 10.1. The van der Waals surface area contributed by atoms with E-state index in [0.717, 1.165) is 23.0 Å². The maximum Gasteiger partial charge on any atom is 0.100 e. The molecular weight excluding hydrogens is 210 g/mol. The summed E-state index contributed by atoms with van der Waals surface area (Å²) in [6.45, 7) is 4.19. The highest BCUT2D eigenvalue weighted by atomic mass is 15.3. The molecule has 0 atom stereocenters. The van der Waals surface area contributed by atoms with E-state index in [2.05, 4.69) is 59.6 Å². The number of hydrogen-bond donors (Lipinski definition) is 0. The summed E-state index contributed by atoms with van der Waals surface area (Å²) >= 11 is 0. The largest absolute Gasteiger partial charge is 0.135 e. The van der Waals surface area contributed by atoms with Crippen molar-refractivity contribution in [2.24, 2.45) is 0 Å². The van der Waals surface area contributed by atoms with Crippen molar-refractivity contribution in [1.29, 1.82) is 0 Å². The molecule has 17 heavy (non-hydrogen) atoms. The normalized spacial score (nSPS) is 11.2. The molecule has 1 heterocycles. The fraction of sp³-hybridized carbons (Fsp3) is 0.214. The van der Waals surface area contributed by atoms with Crippen LogP contribution in [-0.4, -0.2) is 15.4 Å². The zero-order valence-corrected chi connectivity index (χ0v) is 9.94. The molecule has 3 rings (SSSR count). The average molecular weight is 223 g/mol. The average Bonchev–Trinajstić information content (AvgIpc) is 2.38. The van der Waals surface area contributed by atoms with Crippen LogP contribution in [-0.2, 0) is 6.42 Å². The zero-order valence-electron chi connectivity index (χ0n) is 9.94. The monoisotopic (exact) mass is 223 g/mol. The Balaban J connectivity index is 2.54. The van der Waals surface area contributed by atoms with Gasteiger partial charge in [-0.15, -0.1) is 10.2 Å². The van der Waals surface area contributed by atoms with Crippen LogP contribution in [0.2, 0.25) is 0 Å². The van der Waals surface area contributed by atoms with E-state index in [1.807, 2.05) is 0 Å². The minimum atomic E-state index is 0.879. The third kappa shape index (κ3) is 1.46. The molecule has 0 amide bonds. The van der Waals surface area contributed by atoms with Crippen LogP contribution in [0.4, 0.5) is 0 Å². The van der Waals surface area contributed by atoms with Crippen molar-refractivity contribution in [3.8, 4) is 0 Å². The Morgan fingerprint density at radius 2 is 1.88 bits per heavy atom. The molecule has 0 bridgehead atoms. The molecule has 1 aromatic heterocycles. The van der Waals surface area contributed by atoms with Gasteiger partial charge in [0.25, 0.3) is 0 Å². The molecule has 0 saturated heterocycles. The van der Waals surface area contributed by atoms with Gasteiger partial charge in [0.05, 0.1) is 5.69 Å². The van der Waals surface area contributed by atoms with Crippen molar-refractivity contribution in [3.63, 3.8) is 0 Å². The van der Waals surface area contributed by atoms with Gasteiger partial charge in [-0.05, 0) is 41.0 Å². The van der Waals surface area contributed by atoms with Crippen LogP contribution >= 0.6 is 0 Å². The number of aromatic nitrogens is 3. The van der Waals surface area contributed by atoms with Crippen molar-refractivity contribution < 1.29 is 0 Å². The smallest absolute Gasteiger partial charge is 0.100 e. The van der Waals surface area contributed by atoms with E-state index >= 15 is 0 Å². The molecule has 2 aromatic carbocycles. The molecule has 0 N–H and O–H groups in total. The molecule has 3 heteroatoms. The molecule has 0 aliphatic rings. The predicted molar refractivity (Wildman–Crippen MR) is 69.0 cm³/mol. The fourth-order valence-corrected chi connectivity index (χ4v) is 2.30. The second-order valence-corrected chi connectivity index (χ2v) is 4.21. The molecular formula is C14H13N3. The van der Waals surface area contributed by atoms with Gasteiger partial charge in [0.15, 0.2) is 0 Å². The number of rotatable bonds is 1. The standard InChI is InChI=1S/C14H13N3/c1-3-13-12-8-10-6-4-5-7-11(10)9(2)14(12)16-17-15-13/h4-8H,3H2,1-2H3. The second kappa shape index (κ2) is 3.77. The van der Waals surface area contributed by atoms with Crippen LogP contribution in [0.15, 0.2) is 30.3 Å². The summed E-state index contributed by atoms with van der Waals surface area (Å²) in [5.74, 6) is 0. The van der Waals surface area contributed by atoms with Gasteiger partial charge in [0.2, 0.25) is 0 Å². The van der Waals surface area contributed by atoms with E-state index in [4.69, 9.17) is 0 Å². The number of hydrogen-bond acceptors (Lipinski definition) is 3. The Morgan fingerprint density at radius 3 is 2.71 bits per heavy atom. The minimum absolute atomic E-state index is 0.879. The molecule has 0 unspecified atom stereocenters. The first-order valence-corrected chi connectivity index (χ1v) is 5.81. The minimum Gasteiger partial charge on any atom is -0.135 e. The Hall–Kier alpha value is -2.03. The summed E-state index contributed by atoms with van der Waals surface area (Å²) in [6.07, 6.45) is 0.879. The number of aryl methyl sites for hydroxylation is 2. The van der Waals surface area contributed by atoms with Gasteiger partial charge in [-0.25, -0.2) is 0 Å². The lowest BCUT2D eigenvalue weighted by molar-refractivity contribution is 0.842. The number of nitrogens with zero attached hydrogens (tertiary/aromatic N) is 3. The maximum atomic E-state index is 4.18. The SMILES string of the molecule is CCc1nnnc2c(C)c3ccccc3cc12. The summed E-state index contributed by atoms with van der Waals surface area (Å²) < 4.78 is 0. The quantitative estimate of drug-likeness (QED) is 0.595. The van der Waals surface area contributed by atoms with Gasteiger partial charge in [0.1, 0.15) is 5.52 Å². The molecule has 0 aliphatic carbocycles. The number of benzene rings is 2. The summed E-state index contributed by atoms with van der Waals surface area (Å²) in [5, 5.41) is 15.7. The van der Waals surface area contributed by atoms with Crippen molar-refractivity contribution in [1.82, 2.24) is 15.4 Å². The maximum absolute atomic E-state index is 4.18.